The van der Waals surface area contributed by atoms with Crippen molar-refractivity contribution >= 4 is 11.6 Å². The fraction of sp³-hybridized carbons (Fsp3) is 0.300. The first-order valence-corrected chi connectivity index (χ1v) is 8.96. The molecule has 0 bridgehead atoms. The SMILES string of the molecule is O=C(NCCN1CCCC1)c1nc2ccccn2c1-c1ccc(F)cc1. The van der Waals surface area contributed by atoms with Gasteiger partial charge in [0.25, 0.3) is 5.91 Å². The van der Waals surface area contributed by atoms with Gasteiger partial charge >= 0.3 is 0 Å². The van der Waals surface area contributed by atoms with Crippen molar-refractivity contribution in [3.05, 3.63) is 60.2 Å². The second-order valence-electron chi connectivity index (χ2n) is 6.55. The summed E-state index contributed by atoms with van der Waals surface area (Å²) in [4.78, 5) is 19.6. The summed E-state index contributed by atoms with van der Waals surface area (Å²) < 4.78 is 15.2. The molecule has 0 aliphatic carbocycles. The summed E-state index contributed by atoms with van der Waals surface area (Å²) in [6.07, 6.45) is 4.33. The van der Waals surface area contributed by atoms with Crippen molar-refractivity contribution in [1.82, 2.24) is 19.6 Å². The van der Waals surface area contributed by atoms with Crippen molar-refractivity contribution in [2.45, 2.75) is 12.8 Å². The normalized spacial score (nSPS) is 14.8. The molecule has 4 rings (SSSR count). The summed E-state index contributed by atoms with van der Waals surface area (Å²) >= 11 is 0. The summed E-state index contributed by atoms with van der Waals surface area (Å²) in [6.45, 7) is 3.65. The molecule has 1 aliphatic rings. The van der Waals surface area contributed by atoms with Crippen molar-refractivity contribution in [1.29, 1.82) is 0 Å². The molecule has 134 valence electrons. The molecule has 1 saturated heterocycles. The lowest BCUT2D eigenvalue weighted by molar-refractivity contribution is 0.0946. The van der Waals surface area contributed by atoms with E-state index in [0.29, 0.717) is 23.6 Å². The van der Waals surface area contributed by atoms with E-state index in [-0.39, 0.29) is 11.7 Å². The number of imidazole rings is 1. The first-order chi connectivity index (χ1) is 12.7. The van der Waals surface area contributed by atoms with Crippen molar-refractivity contribution < 1.29 is 9.18 Å². The van der Waals surface area contributed by atoms with Gasteiger partial charge in [-0.15, -0.1) is 0 Å². The number of benzene rings is 1. The molecule has 1 aliphatic heterocycles. The highest BCUT2D eigenvalue weighted by atomic mass is 19.1. The number of hydrogen-bond acceptors (Lipinski definition) is 3. The maximum Gasteiger partial charge on any atom is 0.272 e. The molecule has 1 aromatic carbocycles. The molecule has 3 heterocycles. The Morgan fingerprint density at radius 1 is 1.12 bits per heavy atom. The molecule has 1 fully saturated rings. The van der Waals surface area contributed by atoms with Gasteiger partial charge in [-0.3, -0.25) is 9.20 Å². The molecule has 5 nitrogen and oxygen atoms in total. The van der Waals surface area contributed by atoms with Gasteiger partial charge < -0.3 is 10.2 Å². The fourth-order valence-corrected chi connectivity index (χ4v) is 3.46. The molecule has 26 heavy (non-hydrogen) atoms. The van der Waals surface area contributed by atoms with E-state index in [2.05, 4.69) is 15.2 Å². The van der Waals surface area contributed by atoms with Crippen LogP contribution in [-0.4, -0.2) is 46.4 Å². The lowest BCUT2D eigenvalue weighted by Crippen LogP contribution is -2.33. The Hall–Kier alpha value is -2.73. The number of pyridine rings is 1. The van der Waals surface area contributed by atoms with Crippen molar-refractivity contribution in [3.8, 4) is 11.3 Å². The fourth-order valence-electron chi connectivity index (χ4n) is 3.46. The number of amides is 1. The predicted molar refractivity (Wildman–Crippen MR) is 98.6 cm³/mol. The molecule has 3 aromatic rings. The van der Waals surface area contributed by atoms with E-state index in [1.54, 1.807) is 12.1 Å². The molecule has 0 saturated carbocycles. The van der Waals surface area contributed by atoms with Crippen LogP contribution in [0.1, 0.15) is 23.3 Å². The van der Waals surface area contributed by atoms with Gasteiger partial charge in [-0.05, 0) is 62.3 Å². The Kier molecular flexibility index (Phi) is 4.67. The maximum absolute atomic E-state index is 13.3. The van der Waals surface area contributed by atoms with Gasteiger partial charge in [-0.2, -0.15) is 0 Å². The lowest BCUT2D eigenvalue weighted by atomic mass is 10.1. The van der Waals surface area contributed by atoms with Crippen LogP contribution in [0.4, 0.5) is 4.39 Å². The van der Waals surface area contributed by atoms with Gasteiger partial charge in [-0.25, -0.2) is 9.37 Å². The first kappa shape index (κ1) is 16.7. The molecule has 1 amide bonds. The predicted octanol–water partition coefficient (Wildman–Crippen LogP) is 2.97. The average molecular weight is 352 g/mol. The Labute approximate surface area is 151 Å². The van der Waals surface area contributed by atoms with Crippen LogP contribution in [0.25, 0.3) is 16.9 Å². The molecule has 1 N–H and O–H groups in total. The highest BCUT2D eigenvalue weighted by Gasteiger charge is 2.20. The number of aromatic nitrogens is 2. The number of nitrogens with one attached hydrogen (secondary N) is 1. The smallest absolute Gasteiger partial charge is 0.272 e. The standard InChI is InChI=1S/C20H21FN4O/c21-16-8-6-15(7-9-16)19-18(23-17-5-1-2-13-25(17)19)20(26)22-10-14-24-11-3-4-12-24/h1-2,5-9,13H,3-4,10-12,14H2,(H,22,26). The van der Waals surface area contributed by atoms with E-state index in [4.69, 9.17) is 0 Å². The number of halogens is 1. The third-order valence-electron chi connectivity index (χ3n) is 4.77. The molecule has 0 atom stereocenters. The van der Waals surface area contributed by atoms with Gasteiger partial charge in [-0.1, -0.05) is 6.07 Å². The average Bonchev–Trinajstić information content (AvgIpc) is 3.30. The Morgan fingerprint density at radius 3 is 2.65 bits per heavy atom. The molecule has 2 aromatic heterocycles. The van der Waals surface area contributed by atoms with Crippen LogP contribution in [-0.2, 0) is 0 Å². The topological polar surface area (TPSA) is 49.6 Å². The van der Waals surface area contributed by atoms with E-state index in [0.717, 1.165) is 25.2 Å². The number of carbonyl (C=O) groups excluding carboxylic acids is 1. The molecule has 0 unspecified atom stereocenters. The quantitative estimate of drug-likeness (QED) is 0.768. The van der Waals surface area contributed by atoms with Crippen molar-refractivity contribution in [3.63, 3.8) is 0 Å². The first-order valence-electron chi connectivity index (χ1n) is 8.96. The van der Waals surface area contributed by atoms with Crippen LogP contribution in [0.2, 0.25) is 0 Å². The van der Waals surface area contributed by atoms with E-state index < -0.39 is 0 Å². The summed E-state index contributed by atoms with van der Waals surface area (Å²) in [6, 6.07) is 11.8. The number of rotatable bonds is 5. The second-order valence-corrected chi connectivity index (χ2v) is 6.55. The van der Waals surface area contributed by atoms with Gasteiger partial charge in [0, 0.05) is 24.8 Å². The molecule has 0 spiro atoms. The van der Waals surface area contributed by atoms with E-state index in [9.17, 15) is 9.18 Å². The van der Waals surface area contributed by atoms with E-state index in [1.807, 2.05) is 28.8 Å². The van der Waals surface area contributed by atoms with Crippen molar-refractivity contribution in [2.24, 2.45) is 0 Å². The Balaban J connectivity index is 1.62. The number of likely N-dealkylation sites (tertiary alicyclic amines) is 1. The van der Waals surface area contributed by atoms with Crippen LogP contribution >= 0.6 is 0 Å². The monoisotopic (exact) mass is 352 g/mol. The number of hydrogen-bond donors (Lipinski definition) is 1. The van der Waals surface area contributed by atoms with Crippen LogP contribution in [0, 0.1) is 5.82 Å². The molecule has 0 radical (unpaired) electrons. The number of carbonyl (C=O) groups is 1. The van der Waals surface area contributed by atoms with Gasteiger partial charge in [0.1, 0.15) is 11.5 Å². The van der Waals surface area contributed by atoms with Crippen LogP contribution in [0.15, 0.2) is 48.7 Å². The molecule has 6 heteroatoms. The lowest BCUT2D eigenvalue weighted by Gasteiger charge is -2.14. The maximum atomic E-state index is 13.3. The van der Waals surface area contributed by atoms with E-state index >= 15 is 0 Å². The number of nitrogens with zero attached hydrogens (tertiary/aromatic N) is 3. The zero-order valence-corrected chi connectivity index (χ0v) is 14.5. The van der Waals surface area contributed by atoms with Crippen LogP contribution in [0.3, 0.4) is 0 Å². The van der Waals surface area contributed by atoms with E-state index in [1.165, 1.54) is 25.0 Å². The Bertz CT molecular complexity index is 913. The van der Waals surface area contributed by atoms with Gasteiger partial charge in [0.15, 0.2) is 5.69 Å². The minimum absolute atomic E-state index is 0.202. The zero-order valence-electron chi connectivity index (χ0n) is 14.5. The molecular formula is C20H21FN4O. The second kappa shape index (κ2) is 7.25. The Morgan fingerprint density at radius 2 is 1.88 bits per heavy atom. The summed E-state index contributed by atoms with van der Waals surface area (Å²) in [5.41, 5.74) is 2.50. The summed E-state index contributed by atoms with van der Waals surface area (Å²) in [7, 11) is 0. The highest BCUT2D eigenvalue weighted by molar-refractivity contribution is 5.99. The van der Waals surface area contributed by atoms with Crippen LogP contribution in [0.5, 0.6) is 0 Å². The molecular weight excluding hydrogens is 331 g/mol. The summed E-state index contributed by atoms with van der Waals surface area (Å²) in [5, 5.41) is 2.98. The largest absolute Gasteiger partial charge is 0.349 e. The van der Waals surface area contributed by atoms with Gasteiger partial charge in [0.2, 0.25) is 0 Å². The van der Waals surface area contributed by atoms with Crippen LogP contribution < -0.4 is 5.32 Å². The third-order valence-corrected chi connectivity index (χ3v) is 4.77. The highest BCUT2D eigenvalue weighted by Crippen LogP contribution is 2.25. The van der Waals surface area contributed by atoms with Crippen molar-refractivity contribution in [2.75, 3.05) is 26.2 Å². The summed E-state index contributed by atoms with van der Waals surface area (Å²) in [5.74, 6) is -0.508. The third kappa shape index (κ3) is 3.32. The minimum Gasteiger partial charge on any atom is -0.349 e. The zero-order chi connectivity index (χ0) is 17.9. The number of fused-ring (bicyclic) bond motifs is 1. The minimum atomic E-state index is -0.306. The van der Waals surface area contributed by atoms with Gasteiger partial charge in [0.05, 0.1) is 5.69 Å².